The predicted octanol–water partition coefficient (Wildman–Crippen LogP) is 0.525. The van der Waals surface area contributed by atoms with E-state index in [1.807, 2.05) is 25.1 Å². The summed E-state index contributed by atoms with van der Waals surface area (Å²) in [6.45, 7) is 5.30. The molecular weight excluding hydrogens is 316 g/mol. The van der Waals surface area contributed by atoms with Gasteiger partial charge in [-0.15, -0.1) is 0 Å². The molecule has 2 saturated heterocycles. The van der Waals surface area contributed by atoms with Gasteiger partial charge in [-0.2, -0.15) is 17.4 Å². The molecule has 3 heterocycles. The third kappa shape index (κ3) is 4.20. The lowest BCUT2D eigenvalue weighted by atomic mass is 10.1. The van der Waals surface area contributed by atoms with Gasteiger partial charge in [0.2, 0.25) is 0 Å². The van der Waals surface area contributed by atoms with Crippen LogP contribution in [0.25, 0.3) is 0 Å². The molecular formula is C15H24N4O3S. The predicted molar refractivity (Wildman–Crippen MR) is 88.7 cm³/mol. The maximum Gasteiger partial charge on any atom is 0.279 e. The number of aryl methyl sites for hydroxylation is 1. The van der Waals surface area contributed by atoms with Gasteiger partial charge in [-0.05, 0) is 31.9 Å². The van der Waals surface area contributed by atoms with Crippen molar-refractivity contribution in [2.75, 3.05) is 44.3 Å². The number of nitrogens with zero attached hydrogens (tertiary/aromatic N) is 3. The SMILES string of the molecule is Cc1cccc(N2CCCC(NS(=O)(=O)N3CCOCC3)C2)n1. The zero-order chi connectivity index (χ0) is 16.3. The lowest BCUT2D eigenvalue weighted by Crippen LogP contribution is -2.54. The second-order valence-electron chi connectivity index (χ2n) is 6.06. The molecule has 1 aromatic heterocycles. The van der Waals surface area contributed by atoms with Gasteiger partial charge in [0, 0.05) is 37.9 Å². The Morgan fingerprint density at radius 2 is 2.04 bits per heavy atom. The molecule has 23 heavy (non-hydrogen) atoms. The smallest absolute Gasteiger partial charge is 0.279 e. The van der Waals surface area contributed by atoms with Crippen molar-refractivity contribution in [2.24, 2.45) is 0 Å². The molecule has 2 aliphatic rings. The van der Waals surface area contributed by atoms with E-state index >= 15 is 0 Å². The van der Waals surface area contributed by atoms with Crippen LogP contribution in [0.5, 0.6) is 0 Å². The highest BCUT2D eigenvalue weighted by atomic mass is 32.2. The molecule has 128 valence electrons. The minimum Gasteiger partial charge on any atom is -0.379 e. The van der Waals surface area contributed by atoms with E-state index in [1.165, 1.54) is 4.31 Å². The molecule has 0 bridgehead atoms. The van der Waals surface area contributed by atoms with Crippen LogP contribution in [0.15, 0.2) is 18.2 Å². The summed E-state index contributed by atoms with van der Waals surface area (Å²) in [6, 6.07) is 5.84. The number of hydrogen-bond acceptors (Lipinski definition) is 5. The number of morpholine rings is 1. The average molecular weight is 340 g/mol. The number of rotatable bonds is 4. The summed E-state index contributed by atoms with van der Waals surface area (Å²) in [4.78, 5) is 6.70. The van der Waals surface area contributed by atoms with Crippen LogP contribution < -0.4 is 9.62 Å². The molecule has 0 radical (unpaired) electrons. The number of aromatic nitrogens is 1. The highest BCUT2D eigenvalue weighted by Gasteiger charge is 2.29. The normalized spacial score (nSPS) is 23.9. The third-order valence-corrected chi connectivity index (χ3v) is 5.92. The summed E-state index contributed by atoms with van der Waals surface area (Å²) in [5.74, 6) is 0.917. The minimum atomic E-state index is -3.44. The van der Waals surface area contributed by atoms with Crippen molar-refractivity contribution < 1.29 is 13.2 Å². The highest BCUT2D eigenvalue weighted by molar-refractivity contribution is 7.87. The standard InChI is InChI=1S/C15H24N4O3S/c1-13-4-2-6-15(16-13)18-7-3-5-14(12-18)17-23(20,21)19-8-10-22-11-9-19/h2,4,6,14,17H,3,5,7-12H2,1H3. The zero-order valence-corrected chi connectivity index (χ0v) is 14.3. The van der Waals surface area contributed by atoms with Crippen molar-refractivity contribution in [3.8, 4) is 0 Å². The Bertz CT molecular complexity index is 631. The van der Waals surface area contributed by atoms with Crippen molar-refractivity contribution in [1.29, 1.82) is 0 Å². The first-order chi connectivity index (χ1) is 11.0. The quantitative estimate of drug-likeness (QED) is 0.865. The molecule has 0 saturated carbocycles. The van der Waals surface area contributed by atoms with E-state index in [1.54, 1.807) is 0 Å². The van der Waals surface area contributed by atoms with Crippen LogP contribution in [-0.2, 0) is 14.9 Å². The Balaban J connectivity index is 1.64. The summed E-state index contributed by atoms with van der Waals surface area (Å²) >= 11 is 0. The Morgan fingerprint density at radius 1 is 1.26 bits per heavy atom. The fraction of sp³-hybridized carbons (Fsp3) is 0.667. The van der Waals surface area contributed by atoms with E-state index in [9.17, 15) is 8.42 Å². The van der Waals surface area contributed by atoms with Gasteiger partial charge >= 0.3 is 0 Å². The van der Waals surface area contributed by atoms with E-state index in [0.717, 1.165) is 30.9 Å². The molecule has 0 aliphatic carbocycles. The fourth-order valence-electron chi connectivity index (χ4n) is 3.06. The average Bonchev–Trinajstić information content (AvgIpc) is 2.55. The number of anilines is 1. The number of hydrogen-bond donors (Lipinski definition) is 1. The summed E-state index contributed by atoms with van der Waals surface area (Å²) in [6.07, 6.45) is 1.80. The van der Waals surface area contributed by atoms with Crippen LogP contribution >= 0.6 is 0 Å². The van der Waals surface area contributed by atoms with Crippen LogP contribution in [0.2, 0.25) is 0 Å². The van der Waals surface area contributed by atoms with Crippen molar-refractivity contribution in [1.82, 2.24) is 14.0 Å². The second kappa shape index (κ2) is 7.12. The molecule has 3 rings (SSSR count). The van der Waals surface area contributed by atoms with Gasteiger partial charge in [0.1, 0.15) is 5.82 Å². The minimum absolute atomic E-state index is 0.0843. The number of pyridine rings is 1. The molecule has 2 aliphatic heterocycles. The van der Waals surface area contributed by atoms with E-state index < -0.39 is 10.2 Å². The molecule has 2 fully saturated rings. The van der Waals surface area contributed by atoms with Gasteiger partial charge in [-0.25, -0.2) is 4.98 Å². The second-order valence-corrected chi connectivity index (χ2v) is 7.76. The van der Waals surface area contributed by atoms with Crippen LogP contribution in [0.3, 0.4) is 0 Å². The Labute approximate surface area is 137 Å². The van der Waals surface area contributed by atoms with Crippen molar-refractivity contribution in [3.63, 3.8) is 0 Å². The van der Waals surface area contributed by atoms with Gasteiger partial charge < -0.3 is 9.64 Å². The molecule has 1 aromatic rings. The summed E-state index contributed by atoms with van der Waals surface area (Å²) in [5, 5.41) is 0. The van der Waals surface area contributed by atoms with Gasteiger partial charge in [0.05, 0.1) is 13.2 Å². The number of nitrogens with one attached hydrogen (secondary N) is 1. The lowest BCUT2D eigenvalue weighted by Gasteiger charge is -2.35. The van der Waals surface area contributed by atoms with Crippen LogP contribution in [0, 0.1) is 6.92 Å². The molecule has 0 aromatic carbocycles. The Hall–Kier alpha value is -1.22. The maximum absolute atomic E-state index is 12.5. The molecule has 1 unspecified atom stereocenters. The summed E-state index contributed by atoms with van der Waals surface area (Å²) < 4.78 is 34.5. The van der Waals surface area contributed by atoms with Crippen molar-refractivity contribution in [3.05, 3.63) is 23.9 Å². The van der Waals surface area contributed by atoms with Crippen molar-refractivity contribution >= 4 is 16.0 Å². The van der Waals surface area contributed by atoms with Crippen LogP contribution in [0.4, 0.5) is 5.82 Å². The topological polar surface area (TPSA) is 74.8 Å². The first-order valence-corrected chi connectivity index (χ1v) is 9.52. The van der Waals surface area contributed by atoms with E-state index in [0.29, 0.717) is 32.8 Å². The Kier molecular flexibility index (Phi) is 5.15. The zero-order valence-electron chi connectivity index (χ0n) is 13.4. The van der Waals surface area contributed by atoms with Gasteiger partial charge in [0.25, 0.3) is 10.2 Å². The third-order valence-electron chi connectivity index (χ3n) is 4.24. The van der Waals surface area contributed by atoms with Gasteiger partial charge in [-0.1, -0.05) is 6.07 Å². The maximum atomic E-state index is 12.5. The molecule has 1 N–H and O–H groups in total. The number of ether oxygens (including phenoxy) is 1. The highest BCUT2D eigenvalue weighted by Crippen LogP contribution is 2.19. The lowest BCUT2D eigenvalue weighted by molar-refractivity contribution is 0.0722. The van der Waals surface area contributed by atoms with Gasteiger partial charge in [0.15, 0.2) is 0 Å². The summed E-state index contributed by atoms with van der Waals surface area (Å²) in [7, 11) is -3.44. The molecule has 1 atom stereocenters. The summed E-state index contributed by atoms with van der Waals surface area (Å²) in [5.41, 5.74) is 0.971. The first kappa shape index (κ1) is 16.6. The van der Waals surface area contributed by atoms with Crippen molar-refractivity contribution in [2.45, 2.75) is 25.8 Å². The van der Waals surface area contributed by atoms with E-state index in [4.69, 9.17) is 4.74 Å². The molecule has 0 amide bonds. The van der Waals surface area contributed by atoms with Gasteiger partial charge in [-0.3, -0.25) is 0 Å². The van der Waals surface area contributed by atoms with E-state index in [2.05, 4.69) is 14.6 Å². The van der Waals surface area contributed by atoms with Crippen LogP contribution in [-0.4, -0.2) is 63.1 Å². The monoisotopic (exact) mass is 340 g/mol. The molecule has 8 heteroatoms. The molecule has 0 spiro atoms. The van der Waals surface area contributed by atoms with E-state index in [-0.39, 0.29) is 6.04 Å². The van der Waals surface area contributed by atoms with Crippen LogP contribution in [0.1, 0.15) is 18.5 Å². The fourth-order valence-corrected chi connectivity index (χ4v) is 4.45. The first-order valence-electron chi connectivity index (χ1n) is 8.08. The largest absolute Gasteiger partial charge is 0.379 e. The Morgan fingerprint density at radius 3 is 2.78 bits per heavy atom. The number of piperidine rings is 1. The molecule has 7 nitrogen and oxygen atoms in total.